The summed E-state index contributed by atoms with van der Waals surface area (Å²) in [5.74, 6) is -0.0417. The van der Waals surface area contributed by atoms with Gasteiger partial charge in [0, 0.05) is 17.6 Å². The van der Waals surface area contributed by atoms with Crippen LogP contribution in [0.5, 0.6) is 0 Å². The second kappa shape index (κ2) is 6.03. The van der Waals surface area contributed by atoms with Crippen molar-refractivity contribution in [3.8, 4) is 0 Å². The zero-order valence-corrected chi connectivity index (χ0v) is 11.2. The Morgan fingerprint density at radius 2 is 2.06 bits per heavy atom. The molecule has 0 aliphatic heterocycles. The van der Waals surface area contributed by atoms with Gasteiger partial charge in [-0.05, 0) is 38.5 Å². The highest BCUT2D eigenvalue weighted by Gasteiger charge is 2.20. The van der Waals surface area contributed by atoms with E-state index in [0.29, 0.717) is 11.6 Å². The number of nitrogens with zero attached hydrogens (tertiary/aromatic N) is 1. The largest absolute Gasteiger partial charge is 0.335 e. The predicted molar refractivity (Wildman–Crippen MR) is 70.8 cm³/mol. The fraction of sp³-hybridized carbons (Fsp3) is 0.462. The van der Waals surface area contributed by atoms with Gasteiger partial charge in [0.2, 0.25) is 5.91 Å². The smallest absolute Gasteiger partial charge is 0.239 e. The van der Waals surface area contributed by atoms with E-state index in [1.54, 1.807) is 11.8 Å². The summed E-state index contributed by atoms with van der Waals surface area (Å²) in [4.78, 5) is 13.7. The second-order valence-corrected chi connectivity index (χ2v) is 4.91. The fourth-order valence-corrected chi connectivity index (χ4v) is 1.82. The molecule has 0 spiro atoms. The minimum Gasteiger partial charge on any atom is -0.335 e. The lowest BCUT2D eigenvalue weighted by molar-refractivity contribution is -0.134. The van der Waals surface area contributed by atoms with Crippen molar-refractivity contribution in [1.29, 1.82) is 0 Å². The molecule has 94 valence electrons. The number of benzene rings is 1. The van der Waals surface area contributed by atoms with Gasteiger partial charge in [-0.3, -0.25) is 4.79 Å². The van der Waals surface area contributed by atoms with Crippen molar-refractivity contribution in [2.24, 2.45) is 5.73 Å². The molecule has 0 bridgehead atoms. The molecule has 17 heavy (non-hydrogen) atoms. The molecule has 0 heterocycles. The molecule has 0 radical (unpaired) electrons. The quantitative estimate of drug-likeness (QED) is 0.897. The Hall–Kier alpha value is -1.06. The topological polar surface area (TPSA) is 46.3 Å². The van der Waals surface area contributed by atoms with Crippen LogP contribution >= 0.6 is 11.6 Å². The Morgan fingerprint density at radius 1 is 1.41 bits per heavy atom. The van der Waals surface area contributed by atoms with Crippen molar-refractivity contribution >= 4 is 17.5 Å². The summed E-state index contributed by atoms with van der Waals surface area (Å²) in [6, 6.07) is 7.16. The molecule has 0 saturated heterocycles. The molecule has 0 aliphatic carbocycles. The summed E-state index contributed by atoms with van der Waals surface area (Å²) in [5, 5.41) is 0.680. The van der Waals surface area contributed by atoms with Crippen LogP contribution < -0.4 is 5.73 Å². The number of halogens is 1. The fourth-order valence-electron chi connectivity index (χ4n) is 1.61. The SMILES string of the molecule is CC(C)N(Cc1cccc(Cl)c1)C(=O)[C@@H](C)N. The second-order valence-electron chi connectivity index (χ2n) is 4.48. The van der Waals surface area contributed by atoms with Crippen LogP contribution in [0, 0.1) is 0 Å². The first-order chi connectivity index (χ1) is 7.91. The van der Waals surface area contributed by atoms with Crippen LogP contribution in [0.4, 0.5) is 0 Å². The van der Waals surface area contributed by atoms with Crippen molar-refractivity contribution < 1.29 is 4.79 Å². The predicted octanol–water partition coefficient (Wildman–Crippen LogP) is 2.42. The van der Waals surface area contributed by atoms with Crippen LogP contribution in [0.3, 0.4) is 0 Å². The molecule has 2 N–H and O–H groups in total. The highest BCUT2D eigenvalue weighted by molar-refractivity contribution is 6.30. The van der Waals surface area contributed by atoms with Gasteiger partial charge in [-0.15, -0.1) is 0 Å². The van der Waals surface area contributed by atoms with Gasteiger partial charge in [-0.25, -0.2) is 0 Å². The molecule has 1 rings (SSSR count). The zero-order chi connectivity index (χ0) is 13.0. The maximum atomic E-state index is 11.9. The number of hydrogen-bond acceptors (Lipinski definition) is 2. The lowest BCUT2D eigenvalue weighted by Gasteiger charge is -2.28. The number of amides is 1. The van der Waals surface area contributed by atoms with Crippen molar-refractivity contribution in [3.05, 3.63) is 34.9 Å². The number of carbonyl (C=O) groups is 1. The van der Waals surface area contributed by atoms with Gasteiger partial charge in [0.1, 0.15) is 0 Å². The Balaban J connectivity index is 2.84. The first-order valence-electron chi connectivity index (χ1n) is 5.72. The van der Waals surface area contributed by atoms with Crippen molar-refractivity contribution in [1.82, 2.24) is 4.90 Å². The summed E-state index contributed by atoms with van der Waals surface area (Å²) in [6.07, 6.45) is 0. The maximum Gasteiger partial charge on any atom is 0.239 e. The molecule has 4 heteroatoms. The van der Waals surface area contributed by atoms with E-state index in [2.05, 4.69) is 0 Å². The molecular weight excluding hydrogens is 236 g/mol. The van der Waals surface area contributed by atoms with E-state index < -0.39 is 6.04 Å². The number of nitrogens with two attached hydrogens (primary N) is 1. The lowest BCUT2D eigenvalue weighted by Crippen LogP contribution is -2.45. The van der Waals surface area contributed by atoms with E-state index in [-0.39, 0.29) is 11.9 Å². The molecule has 3 nitrogen and oxygen atoms in total. The molecule has 1 amide bonds. The molecule has 0 unspecified atom stereocenters. The number of rotatable bonds is 4. The number of hydrogen-bond donors (Lipinski definition) is 1. The Morgan fingerprint density at radius 3 is 2.53 bits per heavy atom. The van der Waals surface area contributed by atoms with Gasteiger partial charge in [-0.1, -0.05) is 23.7 Å². The molecule has 0 aromatic heterocycles. The molecular formula is C13H19ClN2O. The van der Waals surface area contributed by atoms with Gasteiger partial charge < -0.3 is 10.6 Å². The average molecular weight is 255 g/mol. The Kier molecular flexibility index (Phi) is 4.97. The third-order valence-corrected chi connectivity index (χ3v) is 2.77. The van der Waals surface area contributed by atoms with Gasteiger partial charge in [-0.2, -0.15) is 0 Å². The van der Waals surface area contributed by atoms with E-state index >= 15 is 0 Å². The third kappa shape index (κ3) is 4.02. The van der Waals surface area contributed by atoms with E-state index in [9.17, 15) is 4.79 Å². The molecule has 1 aromatic rings. The van der Waals surface area contributed by atoms with Crippen LogP contribution in [0.15, 0.2) is 24.3 Å². The minimum atomic E-state index is -0.475. The van der Waals surface area contributed by atoms with Gasteiger partial charge in [0.15, 0.2) is 0 Å². The zero-order valence-electron chi connectivity index (χ0n) is 10.5. The summed E-state index contributed by atoms with van der Waals surface area (Å²) in [5.41, 5.74) is 6.65. The Bertz CT molecular complexity index is 391. The number of carbonyl (C=O) groups excluding carboxylic acids is 1. The molecule has 1 aromatic carbocycles. The van der Waals surface area contributed by atoms with Gasteiger partial charge in [0.25, 0.3) is 0 Å². The average Bonchev–Trinajstić information content (AvgIpc) is 2.24. The van der Waals surface area contributed by atoms with Crippen LogP contribution in [-0.2, 0) is 11.3 Å². The summed E-state index contributed by atoms with van der Waals surface area (Å²) in [7, 11) is 0. The van der Waals surface area contributed by atoms with Gasteiger partial charge in [0.05, 0.1) is 6.04 Å². The van der Waals surface area contributed by atoms with Crippen LogP contribution in [0.1, 0.15) is 26.3 Å². The minimum absolute atomic E-state index is 0.0417. The monoisotopic (exact) mass is 254 g/mol. The van der Waals surface area contributed by atoms with Crippen LogP contribution in [0.2, 0.25) is 5.02 Å². The van der Waals surface area contributed by atoms with E-state index in [1.807, 2.05) is 38.1 Å². The van der Waals surface area contributed by atoms with Crippen LogP contribution in [-0.4, -0.2) is 22.9 Å². The van der Waals surface area contributed by atoms with Crippen molar-refractivity contribution in [2.45, 2.75) is 39.4 Å². The first kappa shape index (κ1) is 14.0. The highest BCUT2D eigenvalue weighted by Crippen LogP contribution is 2.14. The first-order valence-corrected chi connectivity index (χ1v) is 6.10. The molecule has 0 aliphatic rings. The van der Waals surface area contributed by atoms with Crippen LogP contribution in [0.25, 0.3) is 0 Å². The van der Waals surface area contributed by atoms with E-state index in [1.165, 1.54) is 0 Å². The lowest BCUT2D eigenvalue weighted by atomic mass is 10.1. The van der Waals surface area contributed by atoms with Crippen molar-refractivity contribution in [2.75, 3.05) is 0 Å². The summed E-state index contributed by atoms with van der Waals surface area (Å²) >= 11 is 5.92. The Labute approximate surface area is 108 Å². The van der Waals surface area contributed by atoms with Crippen molar-refractivity contribution in [3.63, 3.8) is 0 Å². The third-order valence-electron chi connectivity index (χ3n) is 2.54. The van der Waals surface area contributed by atoms with Gasteiger partial charge >= 0.3 is 0 Å². The normalized spacial score (nSPS) is 12.6. The standard InChI is InChI=1S/C13H19ClN2O/c1-9(2)16(13(17)10(3)15)8-11-5-4-6-12(14)7-11/h4-7,9-10H,8,15H2,1-3H3/t10-/m1/s1. The highest BCUT2D eigenvalue weighted by atomic mass is 35.5. The molecule has 1 atom stereocenters. The molecule has 0 saturated carbocycles. The van der Waals surface area contributed by atoms with E-state index in [0.717, 1.165) is 5.56 Å². The van der Waals surface area contributed by atoms with E-state index in [4.69, 9.17) is 17.3 Å². The summed E-state index contributed by atoms with van der Waals surface area (Å²) in [6.45, 7) is 6.20. The maximum absolute atomic E-state index is 11.9. The molecule has 0 fully saturated rings. The summed E-state index contributed by atoms with van der Waals surface area (Å²) < 4.78 is 0.